The number of carbonyl (C=O) groups excluding carboxylic acids is 2. The highest BCUT2D eigenvalue weighted by atomic mass is 19.4. The van der Waals surface area contributed by atoms with E-state index in [0.717, 1.165) is 18.9 Å². The van der Waals surface area contributed by atoms with E-state index in [-0.39, 0.29) is 25.0 Å². The monoisotopic (exact) mass is 374 g/mol. The van der Waals surface area contributed by atoms with E-state index in [2.05, 4.69) is 5.10 Å². The van der Waals surface area contributed by atoms with Crippen molar-refractivity contribution in [3.8, 4) is 0 Å². The molecule has 2 fully saturated rings. The van der Waals surface area contributed by atoms with Gasteiger partial charge in [-0.15, -0.1) is 0 Å². The molecule has 2 heterocycles. The van der Waals surface area contributed by atoms with Crippen LogP contribution in [-0.2, 0) is 22.3 Å². The Bertz CT molecular complexity index is 677. The lowest BCUT2D eigenvalue weighted by Crippen LogP contribution is -2.51. The Hall–Kier alpha value is -2.26. The highest BCUT2D eigenvalue weighted by Gasteiger charge is 2.38. The van der Waals surface area contributed by atoms with Crippen LogP contribution >= 0.6 is 0 Å². The number of nitrogens with zero attached hydrogens (tertiary/aromatic N) is 4. The maximum atomic E-state index is 12.9. The van der Waals surface area contributed by atoms with E-state index in [1.807, 2.05) is 0 Å². The van der Waals surface area contributed by atoms with Gasteiger partial charge < -0.3 is 14.5 Å². The van der Waals surface area contributed by atoms with Crippen LogP contribution in [0.3, 0.4) is 0 Å². The van der Waals surface area contributed by atoms with Gasteiger partial charge in [0.05, 0.1) is 6.61 Å². The van der Waals surface area contributed by atoms with Crippen LogP contribution in [0.15, 0.2) is 6.07 Å². The molecule has 2 aliphatic rings. The van der Waals surface area contributed by atoms with E-state index >= 15 is 0 Å². The molecular formula is C16H21F3N4O3. The van der Waals surface area contributed by atoms with Crippen molar-refractivity contribution in [2.45, 2.75) is 38.4 Å². The van der Waals surface area contributed by atoms with Crippen LogP contribution in [0.5, 0.6) is 0 Å². The minimum atomic E-state index is -4.52. The van der Waals surface area contributed by atoms with Crippen LogP contribution in [0.25, 0.3) is 0 Å². The summed E-state index contributed by atoms with van der Waals surface area (Å²) in [6.45, 7) is 3.10. The first kappa shape index (κ1) is 18.5. The molecule has 144 valence electrons. The topological polar surface area (TPSA) is 67.7 Å². The van der Waals surface area contributed by atoms with Gasteiger partial charge in [0.25, 0.3) is 0 Å². The second kappa shape index (κ2) is 7.16. The number of carbonyl (C=O) groups is 2. The van der Waals surface area contributed by atoms with Gasteiger partial charge in [-0.05, 0) is 25.8 Å². The molecule has 0 unspecified atom stereocenters. The summed E-state index contributed by atoms with van der Waals surface area (Å²) in [5.74, 6) is -0.251. The number of piperazine rings is 1. The van der Waals surface area contributed by atoms with Gasteiger partial charge in [-0.25, -0.2) is 4.79 Å². The van der Waals surface area contributed by atoms with Crippen molar-refractivity contribution in [1.82, 2.24) is 19.6 Å². The minimum absolute atomic E-state index is 0.0482. The maximum absolute atomic E-state index is 12.9. The molecule has 26 heavy (non-hydrogen) atoms. The van der Waals surface area contributed by atoms with E-state index in [1.54, 1.807) is 11.8 Å². The summed E-state index contributed by atoms with van der Waals surface area (Å²) in [6, 6.07) is 1.05. The van der Waals surface area contributed by atoms with Crippen molar-refractivity contribution in [2.24, 2.45) is 0 Å². The molecule has 7 nitrogen and oxygen atoms in total. The summed E-state index contributed by atoms with van der Waals surface area (Å²) in [5.41, 5.74) is -0.491. The number of alkyl halides is 3. The Morgan fingerprint density at radius 3 is 2.35 bits per heavy atom. The molecule has 3 rings (SSSR count). The molecule has 2 amide bonds. The summed E-state index contributed by atoms with van der Waals surface area (Å²) >= 11 is 0. The predicted molar refractivity (Wildman–Crippen MR) is 84.4 cm³/mol. The summed E-state index contributed by atoms with van der Waals surface area (Å²) in [7, 11) is 0. The molecule has 0 aromatic carbocycles. The average molecular weight is 374 g/mol. The third kappa shape index (κ3) is 4.10. The van der Waals surface area contributed by atoms with Gasteiger partial charge in [0.2, 0.25) is 5.91 Å². The molecule has 1 aliphatic heterocycles. The normalized spacial score (nSPS) is 18.2. The molecule has 0 bridgehead atoms. The average Bonchev–Trinajstić information content (AvgIpc) is 3.34. The molecule has 1 saturated carbocycles. The van der Waals surface area contributed by atoms with Crippen molar-refractivity contribution in [1.29, 1.82) is 0 Å². The van der Waals surface area contributed by atoms with Crippen LogP contribution in [0.2, 0.25) is 0 Å². The number of rotatable bonds is 4. The van der Waals surface area contributed by atoms with E-state index < -0.39 is 18.0 Å². The van der Waals surface area contributed by atoms with Crippen molar-refractivity contribution in [2.75, 3.05) is 32.8 Å². The Balaban J connectivity index is 1.62. The fourth-order valence-electron chi connectivity index (χ4n) is 2.99. The van der Waals surface area contributed by atoms with Gasteiger partial charge in [-0.2, -0.15) is 18.3 Å². The Morgan fingerprint density at radius 2 is 1.81 bits per heavy atom. The molecule has 1 aliphatic carbocycles. The lowest BCUT2D eigenvalue weighted by atomic mass is 10.2. The molecular weight excluding hydrogens is 353 g/mol. The van der Waals surface area contributed by atoms with E-state index in [0.29, 0.717) is 31.9 Å². The molecule has 1 saturated heterocycles. The Labute approximate surface area is 148 Å². The highest BCUT2D eigenvalue weighted by Crippen LogP contribution is 2.42. The quantitative estimate of drug-likeness (QED) is 0.809. The zero-order chi connectivity index (χ0) is 18.9. The van der Waals surface area contributed by atoms with Crippen LogP contribution in [0.4, 0.5) is 18.0 Å². The first-order valence-electron chi connectivity index (χ1n) is 8.64. The zero-order valence-electron chi connectivity index (χ0n) is 14.5. The number of aromatic nitrogens is 2. The Morgan fingerprint density at radius 1 is 1.19 bits per heavy atom. The van der Waals surface area contributed by atoms with Crippen molar-refractivity contribution in [3.63, 3.8) is 0 Å². The van der Waals surface area contributed by atoms with Crippen LogP contribution in [0, 0.1) is 0 Å². The van der Waals surface area contributed by atoms with Crippen molar-refractivity contribution < 1.29 is 27.5 Å². The summed E-state index contributed by atoms with van der Waals surface area (Å²) in [5, 5.41) is 3.60. The third-order valence-electron chi connectivity index (χ3n) is 4.54. The maximum Gasteiger partial charge on any atom is 0.435 e. The first-order valence-corrected chi connectivity index (χ1v) is 8.64. The smallest absolute Gasteiger partial charge is 0.435 e. The third-order valence-corrected chi connectivity index (χ3v) is 4.54. The fraction of sp³-hybridized carbons (Fsp3) is 0.688. The van der Waals surface area contributed by atoms with Gasteiger partial charge in [-0.3, -0.25) is 9.48 Å². The number of halogens is 3. The van der Waals surface area contributed by atoms with Gasteiger partial charge in [-0.1, -0.05) is 0 Å². The van der Waals surface area contributed by atoms with E-state index in [4.69, 9.17) is 4.74 Å². The van der Waals surface area contributed by atoms with E-state index in [9.17, 15) is 22.8 Å². The van der Waals surface area contributed by atoms with Gasteiger partial charge in [0.15, 0.2) is 5.69 Å². The van der Waals surface area contributed by atoms with Crippen molar-refractivity contribution >= 4 is 12.0 Å². The van der Waals surface area contributed by atoms with Gasteiger partial charge in [0, 0.05) is 37.8 Å². The highest BCUT2D eigenvalue weighted by molar-refractivity contribution is 5.76. The standard InChI is InChI=1S/C16H21F3N4O3/c1-2-26-15(25)22-7-5-21(6-8-22)14(24)10-23-12(11-3-4-11)9-13(20-23)16(17,18)19/h9,11H,2-8,10H2,1H3. The molecule has 0 spiro atoms. The predicted octanol–water partition coefficient (Wildman–Crippen LogP) is 2.08. The second-order valence-electron chi connectivity index (χ2n) is 6.45. The van der Waals surface area contributed by atoms with Crippen molar-refractivity contribution in [3.05, 3.63) is 17.5 Å². The fourth-order valence-corrected chi connectivity index (χ4v) is 2.99. The Kier molecular flexibility index (Phi) is 5.10. The summed E-state index contributed by atoms with van der Waals surface area (Å²) in [6.07, 6.45) is -3.31. The number of hydrogen-bond acceptors (Lipinski definition) is 4. The molecule has 0 radical (unpaired) electrons. The number of hydrogen-bond donors (Lipinski definition) is 0. The van der Waals surface area contributed by atoms with E-state index in [1.165, 1.54) is 9.58 Å². The van der Waals surface area contributed by atoms with Gasteiger partial charge in [0.1, 0.15) is 6.54 Å². The summed E-state index contributed by atoms with van der Waals surface area (Å²) < 4.78 is 44.9. The van der Waals surface area contributed by atoms with Crippen LogP contribution in [0.1, 0.15) is 37.1 Å². The molecule has 10 heteroatoms. The second-order valence-corrected chi connectivity index (χ2v) is 6.45. The minimum Gasteiger partial charge on any atom is -0.450 e. The van der Waals surface area contributed by atoms with Crippen LogP contribution < -0.4 is 0 Å². The lowest BCUT2D eigenvalue weighted by Gasteiger charge is -2.34. The SMILES string of the molecule is CCOC(=O)N1CCN(C(=O)Cn2nc(C(F)(F)F)cc2C2CC2)CC1. The molecule has 0 atom stereocenters. The lowest BCUT2D eigenvalue weighted by molar-refractivity contribution is -0.142. The molecule has 1 aromatic heterocycles. The summed E-state index contributed by atoms with van der Waals surface area (Å²) in [4.78, 5) is 27.2. The zero-order valence-corrected chi connectivity index (χ0v) is 14.5. The molecule has 1 aromatic rings. The number of ether oxygens (including phenoxy) is 1. The van der Waals surface area contributed by atoms with Gasteiger partial charge >= 0.3 is 12.3 Å². The first-order chi connectivity index (χ1) is 12.3. The number of amides is 2. The largest absolute Gasteiger partial charge is 0.450 e. The van der Waals surface area contributed by atoms with Crippen LogP contribution in [-0.4, -0.2) is 64.4 Å². The molecule has 0 N–H and O–H groups in total.